The van der Waals surface area contributed by atoms with Crippen molar-refractivity contribution in [1.82, 2.24) is 4.90 Å². The maximum Gasteiger partial charge on any atom is 0.260 e. The zero-order valence-corrected chi connectivity index (χ0v) is 11.1. The quantitative estimate of drug-likeness (QED) is 0.816. The topological polar surface area (TPSA) is 64.8 Å². The number of hydrogen-bond donors (Lipinski definition) is 1. The van der Waals surface area contributed by atoms with E-state index in [1.807, 2.05) is 19.1 Å². The Morgan fingerprint density at radius 3 is 2.56 bits per heavy atom. The van der Waals surface area contributed by atoms with Gasteiger partial charge < -0.3 is 20.1 Å². The third-order valence-corrected chi connectivity index (χ3v) is 2.82. The van der Waals surface area contributed by atoms with Crippen molar-refractivity contribution >= 4 is 5.91 Å². The fraction of sp³-hybridized carbons (Fsp3) is 0.462. The summed E-state index contributed by atoms with van der Waals surface area (Å²) in [4.78, 5) is 13.4. The molecule has 1 atom stereocenters. The second-order valence-corrected chi connectivity index (χ2v) is 4.03. The standard InChI is InChI=1S/C13H20N2O3/c1-10(8-14)15(2)13(16)9-18-12-7-5-4-6-11(12)17-3/h4-7,10H,8-9,14H2,1-3H3. The number of nitrogens with two attached hydrogens (primary N) is 1. The van der Waals surface area contributed by atoms with Crippen LogP contribution in [0.15, 0.2) is 24.3 Å². The molecule has 0 heterocycles. The van der Waals surface area contributed by atoms with Crippen LogP contribution in [-0.2, 0) is 4.79 Å². The molecule has 100 valence electrons. The first-order valence-electron chi connectivity index (χ1n) is 5.81. The van der Waals surface area contributed by atoms with Crippen molar-refractivity contribution < 1.29 is 14.3 Å². The molecule has 0 saturated heterocycles. The summed E-state index contributed by atoms with van der Waals surface area (Å²) < 4.78 is 10.6. The molecule has 18 heavy (non-hydrogen) atoms. The van der Waals surface area contributed by atoms with Crippen molar-refractivity contribution in [3.8, 4) is 11.5 Å². The Labute approximate surface area is 107 Å². The van der Waals surface area contributed by atoms with Crippen LogP contribution in [0.25, 0.3) is 0 Å². The van der Waals surface area contributed by atoms with Crippen LogP contribution in [0.3, 0.4) is 0 Å². The Hall–Kier alpha value is -1.75. The Morgan fingerprint density at radius 1 is 1.39 bits per heavy atom. The zero-order valence-electron chi connectivity index (χ0n) is 11.1. The Bertz CT molecular complexity index is 396. The summed E-state index contributed by atoms with van der Waals surface area (Å²) in [6.07, 6.45) is 0. The highest BCUT2D eigenvalue weighted by atomic mass is 16.5. The predicted octanol–water partition coefficient (Wildman–Crippen LogP) is 0.880. The lowest BCUT2D eigenvalue weighted by Crippen LogP contribution is -2.42. The summed E-state index contributed by atoms with van der Waals surface area (Å²) >= 11 is 0. The molecule has 5 heteroatoms. The van der Waals surface area contributed by atoms with Crippen LogP contribution in [0.2, 0.25) is 0 Å². The Kier molecular flexibility index (Phi) is 5.45. The van der Waals surface area contributed by atoms with E-state index in [2.05, 4.69) is 0 Å². The first-order valence-corrected chi connectivity index (χ1v) is 5.81. The summed E-state index contributed by atoms with van der Waals surface area (Å²) in [7, 11) is 3.28. The van der Waals surface area contributed by atoms with E-state index in [1.165, 1.54) is 0 Å². The number of benzene rings is 1. The molecular weight excluding hydrogens is 232 g/mol. The summed E-state index contributed by atoms with van der Waals surface area (Å²) in [5, 5.41) is 0. The van der Waals surface area contributed by atoms with E-state index >= 15 is 0 Å². The van der Waals surface area contributed by atoms with Crippen LogP contribution in [0, 0.1) is 0 Å². The third-order valence-electron chi connectivity index (χ3n) is 2.82. The molecule has 0 aliphatic carbocycles. The van der Waals surface area contributed by atoms with Gasteiger partial charge in [-0.2, -0.15) is 0 Å². The van der Waals surface area contributed by atoms with Crippen molar-refractivity contribution in [2.45, 2.75) is 13.0 Å². The molecule has 2 N–H and O–H groups in total. The van der Waals surface area contributed by atoms with Crippen LogP contribution in [0.4, 0.5) is 0 Å². The minimum Gasteiger partial charge on any atom is -0.493 e. The molecule has 1 amide bonds. The first kappa shape index (κ1) is 14.3. The molecule has 0 aliphatic heterocycles. The molecular formula is C13H20N2O3. The van der Waals surface area contributed by atoms with Crippen molar-refractivity contribution in [2.75, 3.05) is 27.3 Å². The maximum absolute atomic E-state index is 11.8. The summed E-state index contributed by atoms with van der Waals surface area (Å²) in [6.45, 7) is 2.29. The summed E-state index contributed by atoms with van der Waals surface area (Å²) in [5.74, 6) is 1.06. The molecule has 0 aliphatic rings. The second kappa shape index (κ2) is 6.86. The number of amides is 1. The van der Waals surface area contributed by atoms with Crippen LogP contribution >= 0.6 is 0 Å². The smallest absolute Gasteiger partial charge is 0.260 e. The molecule has 0 bridgehead atoms. The van der Waals surface area contributed by atoms with Gasteiger partial charge in [-0.3, -0.25) is 4.79 Å². The van der Waals surface area contributed by atoms with E-state index in [0.717, 1.165) is 0 Å². The monoisotopic (exact) mass is 252 g/mol. The highest BCUT2D eigenvalue weighted by Gasteiger charge is 2.15. The fourth-order valence-corrected chi connectivity index (χ4v) is 1.38. The largest absolute Gasteiger partial charge is 0.493 e. The van der Waals surface area contributed by atoms with Crippen LogP contribution < -0.4 is 15.2 Å². The lowest BCUT2D eigenvalue weighted by molar-refractivity contribution is -0.133. The number of hydrogen-bond acceptors (Lipinski definition) is 4. The van der Waals surface area contributed by atoms with Gasteiger partial charge in [0.1, 0.15) is 0 Å². The highest BCUT2D eigenvalue weighted by molar-refractivity contribution is 5.77. The maximum atomic E-state index is 11.8. The van der Waals surface area contributed by atoms with E-state index in [-0.39, 0.29) is 18.6 Å². The van der Waals surface area contributed by atoms with Gasteiger partial charge in [-0.05, 0) is 19.1 Å². The average Bonchev–Trinajstić information content (AvgIpc) is 2.43. The van der Waals surface area contributed by atoms with Crippen molar-refractivity contribution in [2.24, 2.45) is 5.73 Å². The highest BCUT2D eigenvalue weighted by Crippen LogP contribution is 2.25. The lowest BCUT2D eigenvalue weighted by Gasteiger charge is -2.23. The number of nitrogens with zero attached hydrogens (tertiary/aromatic N) is 1. The molecule has 0 saturated carbocycles. The minimum atomic E-state index is -0.112. The predicted molar refractivity (Wildman–Crippen MR) is 69.8 cm³/mol. The second-order valence-electron chi connectivity index (χ2n) is 4.03. The van der Waals surface area contributed by atoms with E-state index in [4.69, 9.17) is 15.2 Å². The minimum absolute atomic E-state index is 0.00114. The van der Waals surface area contributed by atoms with E-state index in [1.54, 1.807) is 31.2 Å². The zero-order chi connectivity index (χ0) is 13.5. The first-order chi connectivity index (χ1) is 8.60. The molecule has 0 fully saturated rings. The Balaban J connectivity index is 2.57. The Morgan fingerprint density at radius 2 is 2.00 bits per heavy atom. The van der Waals surface area contributed by atoms with Crippen LogP contribution in [-0.4, -0.2) is 44.2 Å². The molecule has 5 nitrogen and oxygen atoms in total. The van der Waals surface area contributed by atoms with E-state index in [0.29, 0.717) is 18.0 Å². The molecule has 1 aromatic carbocycles. The van der Waals surface area contributed by atoms with Crippen molar-refractivity contribution in [3.05, 3.63) is 24.3 Å². The number of carbonyl (C=O) groups excluding carboxylic acids is 1. The van der Waals surface area contributed by atoms with Crippen LogP contribution in [0.5, 0.6) is 11.5 Å². The molecule has 1 rings (SSSR count). The fourth-order valence-electron chi connectivity index (χ4n) is 1.38. The van der Waals surface area contributed by atoms with Gasteiger partial charge in [0.05, 0.1) is 7.11 Å². The number of rotatable bonds is 6. The molecule has 1 unspecified atom stereocenters. The molecule has 1 aromatic rings. The number of carbonyl (C=O) groups is 1. The van der Waals surface area contributed by atoms with Crippen LogP contribution in [0.1, 0.15) is 6.92 Å². The van der Waals surface area contributed by atoms with E-state index in [9.17, 15) is 4.79 Å². The van der Waals surface area contributed by atoms with E-state index < -0.39 is 0 Å². The van der Waals surface area contributed by atoms with Gasteiger partial charge in [0, 0.05) is 19.6 Å². The van der Waals surface area contributed by atoms with Gasteiger partial charge >= 0.3 is 0 Å². The summed E-state index contributed by atoms with van der Waals surface area (Å²) in [5.41, 5.74) is 5.51. The number of ether oxygens (including phenoxy) is 2. The lowest BCUT2D eigenvalue weighted by atomic mass is 10.3. The van der Waals surface area contributed by atoms with Gasteiger partial charge in [-0.15, -0.1) is 0 Å². The number of methoxy groups -OCH3 is 1. The van der Waals surface area contributed by atoms with Gasteiger partial charge in [-0.25, -0.2) is 0 Å². The summed E-state index contributed by atoms with van der Waals surface area (Å²) in [6, 6.07) is 7.22. The molecule has 0 radical (unpaired) electrons. The normalized spacial score (nSPS) is 11.8. The van der Waals surface area contributed by atoms with Gasteiger partial charge in [0.15, 0.2) is 18.1 Å². The van der Waals surface area contributed by atoms with Crippen molar-refractivity contribution in [1.29, 1.82) is 0 Å². The van der Waals surface area contributed by atoms with Gasteiger partial charge in [-0.1, -0.05) is 12.1 Å². The van der Waals surface area contributed by atoms with Crippen molar-refractivity contribution in [3.63, 3.8) is 0 Å². The van der Waals surface area contributed by atoms with Gasteiger partial charge in [0.2, 0.25) is 0 Å². The van der Waals surface area contributed by atoms with Gasteiger partial charge in [0.25, 0.3) is 5.91 Å². The average molecular weight is 252 g/mol. The number of likely N-dealkylation sites (N-methyl/N-ethyl adjacent to an activating group) is 1. The molecule has 0 aromatic heterocycles. The molecule has 0 spiro atoms. The SMILES string of the molecule is COc1ccccc1OCC(=O)N(C)C(C)CN. The number of para-hydroxylation sites is 2. The third kappa shape index (κ3) is 3.63.